The molecule has 5 nitrogen and oxygen atoms in total. The SMILES string of the molecule is CCC1CCSC(=NC2CCC(=O)NC2=O)N1. The molecule has 2 unspecified atom stereocenters. The second kappa shape index (κ2) is 5.53. The normalized spacial score (nSPS) is 32.2. The van der Waals surface area contributed by atoms with Gasteiger partial charge in [0.1, 0.15) is 6.04 Å². The van der Waals surface area contributed by atoms with E-state index in [9.17, 15) is 9.59 Å². The summed E-state index contributed by atoms with van der Waals surface area (Å²) in [5.41, 5.74) is 0. The van der Waals surface area contributed by atoms with Crippen molar-refractivity contribution in [2.24, 2.45) is 4.99 Å². The number of nitrogens with one attached hydrogen (secondary N) is 2. The summed E-state index contributed by atoms with van der Waals surface area (Å²) in [6.45, 7) is 2.14. The van der Waals surface area contributed by atoms with Crippen molar-refractivity contribution in [1.82, 2.24) is 10.6 Å². The van der Waals surface area contributed by atoms with Crippen LogP contribution in [0.3, 0.4) is 0 Å². The maximum atomic E-state index is 11.6. The number of nitrogens with zero attached hydrogens (tertiary/aromatic N) is 1. The predicted molar refractivity (Wildman–Crippen MR) is 67.9 cm³/mol. The molecule has 6 heteroatoms. The molecular weight excluding hydrogens is 238 g/mol. The van der Waals surface area contributed by atoms with Gasteiger partial charge in [0.05, 0.1) is 0 Å². The number of carbonyl (C=O) groups is 2. The van der Waals surface area contributed by atoms with Crippen molar-refractivity contribution >= 4 is 28.7 Å². The number of rotatable bonds is 2. The van der Waals surface area contributed by atoms with Gasteiger partial charge in [-0.3, -0.25) is 14.9 Å². The van der Waals surface area contributed by atoms with Crippen LogP contribution in [0, 0.1) is 0 Å². The zero-order chi connectivity index (χ0) is 12.3. The number of hydrogen-bond donors (Lipinski definition) is 2. The molecule has 0 aromatic rings. The minimum Gasteiger partial charge on any atom is -0.362 e. The lowest BCUT2D eigenvalue weighted by atomic mass is 10.1. The van der Waals surface area contributed by atoms with Crippen molar-refractivity contribution < 1.29 is 9.59 Å². The van der Waals surface area contributed by atoms with Crippen molar-refractivity contribution in [2.75, 3.05) is 5.75 Å². The monoisotopic (exact) mass is 255 g/mol. The number of thioether (sulfide) groups is 1. The van der Waals surface area contributed by atoms with Crippen molar-refractivity contribution in [1.29, 1.82) is 0 Å². The first-order chi connectivity index (χ1) is 8.19. The van der Waals surface area contributed by atoms with Gasteiger partial charge < -0.3 is 5.32 Å². The van der Waals surface area contributed by atoms with Crippen LogP contribution in [-0.2, 0) is 9.59 Å². The smallest absolute Gasteiger partial charge is 0.251 e. The van der Waals surface area contributed by atoms with Crippen molar-refractivity contribution in [2.45, 2.75) is 44.7 Å². The molecule has 2 aliphatic rings. The number of carbonyl (C=O) groups excluding carboxylic acids is 2. The minimum absolute atomic E-state index is 0.192. The Kier molecular flexibility index (Phi) is 4.04. The highest BCUT2D eigenvalue weighted by atomic mass is 32.2. The number of piperidine rings is 1. The standard InChI is InChI=1S/C11H17N3O2S/c1-2-7-5-6-17-11(12-7)13-8-3-4-9(15)14-10(8)16/h7-8H,2-6H2,1H3,(H,12,13)(H,14,15,16). The molecule has 0 aromatic carbocycles. The van der Waals surface area contributed by atoms with Gasteiger partial charge in [-0.2, -0.15) is 0 Å². The largest absolute Gasteiger partial charge is 0.362 e. The second-order valence-corrected chi connectivity index (χ2v) is 5.37. The van der Waals surface area contributed by atoms with Crippen LogP contribution in [0.2, 0.25) is 0 Å². The molecule has 2 fully saturated rings. The van der Waals surface area contributed by atoms with Gasteiger partial charge in [0, 0.05) is 18.2 Å². The van der Waals surface area contributed by atoms with E-state index in [0.717, 1.165) is 23.8 Å². The van der Waals surface area contributed by atoms with Gasteiger partial charge in [0.15, 0.2) is 5.17 Å². The maximum Gasteiger partial charge on any atom is 0.251 e. The van der Waals surface area contributed by atoms with Crippen LogP contribution >= 0.6 is 11.8 Å². The molecule has 94 valence electrons. The summed E-state index contributed by atoms with van der Waals surface area (Å²) < 4.78 is 0. The Morgan fingerprint density at radius 3 is 2.94 bits per heavy atom. The quantitative estimate of drug-likeness (QED) is 0.711. The Hall–Kier alpha value is -1.04. The van der Waals surface area contributed by atoms with Crippen LogP contribution in [0.1, 0.15) is 32.6 Å². The first-order valence-corrected chi connectivity index (χ1v) is 6.98. The third kappa shape index (κ3) is 3.21. The molecule has 0 saturated carbocycles. The highest BCUT2D eigenvalue weighted by molar-refractivity contribution is 8.13. The molecule has 2 N–H and O–H groups in total. The average Bonchev–Trinajstić information content (AvgIpc) is 2.33. The topological polar surface area (TPSA) is 70.6 Å². The molecular formula is C11H17N3O2S. The summed E-state index contributed by atoms with van der Waals surface area (Å²) in [5.74, 6) is 0.578. The molecule has 2 amide bonds. The summed E-state index contributed by atoms with van der Waals surface area (Å²) in [4.78, 5) is 27.0. The Bertz CT molecular complexity index is 357. The summed E-state index contributed by atoms with van der Waals surface area (Å²) >= 11 is 1.65. The highest BCUT2D eigenvalue weighted by Gasteiger charge is 2.27. The van der Waals surface area contributed by atoms with Gasteiger partial charge in [-0.15, -0.1) is 0 Å². The fourth-order valence-corrected chi connectivity index (χ4v) is 2.96. The highest BCUT2D eigenvalue weighted by Crippen LogP contribution is 2.18. The Morgan fingerprint density at radius 2 is 2.24 bits per heavy atom. The predicted octanol–water partition coefficient (Wildman–Crippen LogP) is 0.653. The number of amides is 2. The van der Waals surface area contributed by atoms with Gasteiger partial charge in [0.2, 0.25) is 5.91 Å². The zero-order valence-electron chi connectivity index (χ0n) is 9.86. The van der Waals surface area contributed by atoms with Crippen molar-refractivity contribution in [3.8, 4) is 0 Å². The molecule has 0 spiro atoms. The summed E-state index contributed by atoms with van der Waals surface area (Å²) in [6.07, 6.45) is 3.10. The third-order valence-electron chi connectivity index (χ3n) is 3.01. The van der Waals surface area contributed by atoms with Gasteiger partial charge in [-0.05, 0) is 19.3 Å². The molecule has 0 aliphatic carbocycles. The van der Waals surface area contributed by atoms with Crippen LogP contribution in [0.4, 0.5) is 0 Å². The number of hydrogen-bond acceptors (Lipinski definition) is 4. The molecule has 2 atom stereocenters. The molecule has 0 bridgehead atoms. The Labute approximate surface area is 105 Å². The molecule has 0 aromatic heterocycles. The molecule has 0 radical (unpaired) electrons. The Balaban J connectivity index is 1.98. The zero-order valence-corrected chi connectivity index (χ0v) is 10.7. The van der Waals surface area contributed by atoms with Crippen LogP contribution in [0.15, 0.2) is 4.99 Å². The van der Waals surface area contributed by atoms with Crippen molar-refractivity contribution in [3.63, 3.8) is 0 Å². The van der Waals surface area contributed by atoms with E-state index in [1.165, 1.54) is 0 Å². The summed E-state index contributed by atoms with van der Waals surface area (Å²) in [7, 11) is 0. The molecule has 17 heavy (non-hydrogen) atoms. The Morgan fingerprint density at radius 1 is 1.41 bits per heavy atom. The number of amidine groups is 1. The third-order valence-corrected chi connectivity index (χ3v) is 3.95. The van der Waals surface area contributed by atoms with E-state index in [1.54, 1.807) is 11.8 Å². The van der Waals surface area contributed by atoms with Crippen molar-refractivity contribution in [3.05, 3.63) is 0 Å². The van der Waals surface area contributed by atoms with E-state index >= 15 is 0 Å². The van der Waals surface area contributed by atoms with E-state index in [0.29, 0.717) is 18.9 Å². The van der Waals surface area contributed by atoms with Gasteiger partial charge in [-0.1, -0.05) is 18.7 Å². The van der Waals surface area contributed by atoms with E-state index in [4.69, 9.17) is 0 Å². The minimum atomic E-state index is -0.404. The fraction of sp³-hybridized carbons (Fsp3) is 0.727. The second-order valence-electron chi connectivity index (χ2n) is 4.29. The fourth-order valence-electron chi connectivity index (χ4n) is 1.91. The summed E-state index contributed by atoms with van der Waals surface area (Å²) in [6, 6.07) is 0.0570. The van der Waals surface area contributed by atoms with Gasteiger partial charge >= 0.3 is 0 Å². The lowest BCUT2D eigenvalue weighted by Crippen LogP contribution is -2.45. The van der Waals surface area contributed by atoms with E-state index in [-0.39, 0.29) is 11.8 Å². The van der Waals surface area contributed by atoms with Gasteiger partial charge in [0.25, 0.3) is 5.91 Å². The van der Waals surface area contributed by atoms with Crippen LogP contribution in [0.5, 0.6) is 0 Å². The maximum absolute atomic E-state index is 11.6. The summed E-state index contributed by atoms with van der Waals surface area (Å²) in [5, 5.41) is 6.50. The first kappa shape index (κ1) is 12.4. The first-order valence-electron chi connectivity index (χ1n) is 6.00. The lowest BCUT2D eigenvalue weighted by Gasteiger charge is -2.26. The molecule has 2 saturated heterocycles. The van der Waals surface area contributed by atoms with Crippen LogP contribution in [-0.4, -0.2) is 34.8 Å². The van der Waals surface area contributed by atoms with Gasteiger partial charge in [-0.25, -0.2) is 4.99 Å². The number of aliphatic imine (C=N–C) groups is 1. The van der Waals surface area contributed by atoms with E-state index in [2.05, 4.69) is 22.5 Å². The van der Waals surface area contributed by atoms with E-state index < -0.39 is 6.04 Å². The number of imide groups is 1. The molecule has 2 heterocycles. The van der Waals surface area contributed by atoms with E-state index in [1.807, 2.05) is 0 Å². The molecule has 2 rings (SSSR count). The molecule has 2 aliphatic heterocycles. The van der Waals surface area contributed by atoms with Crippen LogP contribution < -0.4 is 10.6 Å². The average molecular weight is 255 g/mol. The van der Waals surface area contributed by atoms with Crippen LogP contribution in [0.25, 0.3) is 0 Å². The lowest BCUT2D eigenvalue weighted by molar-refractivity contribution is -0.133.